The van der Waals surface area contributed by atoms with Crippen molar-refractivity contribution in [3.63, 3.8) is 0 Å². The Labute approximate surface area is 136 Å². The van der Waals surface area contributed by atoms with E-state index in [0.29, 0.717) is 5.56 Å². The molecule has 1 aromatic heterocycles. The summed E-state index contributed by atoms with van der Waals surface area (Å²) in [7, 11) is 0. The van der Waals surface area contributed by atoms with Gasteiger partial charge in [0.25, 0.3) is 0 Å². The van der Waals surface area contributed by atoms with Crippen LogP contribution >= 0.6 is 34.8 Å². The Morgan fingerprint density at radius 2 is 1.62 bits per heavy atom. The minimum atomic E-state index is -1.66. The first-order valence-corrected chi connectivity index (χ1v) is 7.36. The average molecular weight is 339 g/mol. The predicted molar refractivity (Wildman–Crippen MR) is 86.7 cm³/mol. The zero-order valence-corrected chi connectivity index (χ0v) is 13.3. The summed E-state index contributed by atoms with van der Waals surface area (Å²) in [5, 5.41) is 13.5. The van der Waals surface area contributed by atoms with Crippen LogP contribution < -0.4 is 0 Å². The van der Waals surface area contributed by atoms with E-state index in [2.05, 4.69) is 28.4 Å². The molecular formula is C15H10Cl3N3. The Hall–Kier alpha value is -1.42. The first kappa shape index (κ1) is 14.5. The Bertz CT molecular complexity index is 813. The molecule has 21 heavy (non-hydrogen) atoms. The molecule has 0 spiro atoms. The van der Waals surface area contributed by atoms with E-state index in [1.54, 1.807) is 6.20 Å². The minimum Gasteiger partial charge on any atom is -0.138 e. The molecule has 3 aromatic rings. The lowest BCUT2D eigenvalue weighted by atomic mass is 9.96. The third-order valence-electron chi connectivity index (χ3n) is 3.34. The third-order valence-corrected chi connectivity index (χ3v) is 3.88. The second-order valence-electron chi connectivity index (χ2n) is 4.67. The van der Waals surface area contributed by atoms with Crippen molar-refractivity contribution in [2.24, 2.45) is 0 Å². The zero-order valence-electron chi connectivity index (χ0n) is 11.0. The maximum Gasteiger partial charge on any atom is 0.235 e. The molecule has 0 unspecified atom stereocenters. The number of fused-ring (bicyclic) bond motifs is 1. The summed E-state index contributed by atoms with van der Waals surface area (Å²) in [4.78, 5) is 0. The van der Waals surface area contributed by atoms with Gasteiger partial charge in [0.1, 0.15) is 5.69 Å². The van der Waals surface area contributed by atoms with Crippen molar-refractivity contribution in [3.05, 3.63) is 53.9 Å². The maximum atomic E-state index is 6.00. The summed E-state index contributed by atoms with van der Waals surface area (Å²) < 4.78 is -1.66. The highest BCUT2D eigenvalue weighted by atomic mass is 35.6. The summed E-state index contributed by atoms with van der Waals surface area (Å²) in [5.74, 6) is 0. The van der Waals surface area contributed by atoms with Crippen molar-refractivity contribution in [1.29, 1.82) is 0 Å². The van der Waals surface area contributed by atoms with Gasteiger partial charge in [-0.05, 0) is 34.0 Å². The van der Waals surface area contributed by atoms with Gasteiger partial charge in [-0.15, -0.1) is 10.2 Å². The highest BCUT2D eigenvalue weighted by Gasteiger charge is 2.30. The Balaban J connectivity index is 2.35. The summed E-state index contributed by atoms with van der Waals surface area (Å²) >= 11 is 18.0. The fraction of sp³-hybridized carbons (Fsp3) is 0.133. The van der Waals surface area contributed by atoms with Gasteiger partial charge in [-0.25, -0.2) is 0 Å². The van der Waals surface area contributed by atoms with Crippen LogP contribution in [0.25, 0.3) is 21.9 Å². The fourth-order valence-corrected chi connectivity index (χ4v) is 2.78. The summed E-state index contributed by atoms with van der Waals surface area (Å²) in [6, 6.07) is 12.1. The van der Waals surface area contributed by atoms with E-state index in [1.165, 1.54) is 5.56 Å². The maximum absolute atomic E-state index is 6.00. The third kappa shape index (κ3) is 2.69. The molecule has 0 saturated carbocycles. The standard InChI is InChI=1S/C15H10Cl3N3/c1-9-6-7-12(11-5-3-2-4-10(9)11)13-8-19-21-20-14(13)15(16,17)18/h2-8H,1H3. The van der Waals surface area contributed by atoms with Gasteiger partial charge in [0, 0.05) is 5.56 Å². The summed E-state index contributed by atoms with van der Waals surface area (Å²) in [6.07, 6.45) is 1.57. The second-order valence-corrected chi connectivity index (χ2v) is 6.95. The molecule has 1 heterocycles. The van der Waals surface area contributed by atoms with E-state index in [9.17, 15) is 0 Å². The van der Waals surface area contributed by atoms with E-state index in [0.717, 1.165) is 16.3 Å². The topological polar surface area (TPSA) is 38.7 Å². The van der Waals surface area contributed by atoms with Crippen LogP contribution in [0.5, 0.6) is 0 Å². The van der Waals surface area contributed by atoms with Crippen molar-refractivity contribution in [3.8, 4) is 11.1 Å². The normalized spacial score (nSPS) is 11.8. The highest BCUT2D eigenvalue weighted by Crippen LogP contribution is 2.42. The molecular weight excluding hydrogens is 329 g/mol. The van der Waals surface area contributed by atoms with Gasteiger partial charge in [-0.2, -0.15) is 0 Å². The Kier molecular flexibility index (Phi) is 3.74. The molecule has 3 nitrogen and oxygen atoms in total. The zero-order chi connectivity index (χ0) is 15.0. The van der Waals surface area contributed by atoms with Gasteiger partial charge in [-0.3, -0.25) is 0 Å². The van der Waals surface area contributed by atoms with Gasteiger partial charge in [0.2, 0.25) is 3.79 Å². The predicted octanol–water partition coefficient (Wildman–Crippen LogP) is 4.83. The van der Waals surface area contributed by atoms with Crippen LogP contribution in [0, 0.1) is 6.92 Å². The lowest BCUT2D eigenvalue weighted by Crippen LogP contribution is -2.09. The number of alkyl halides is 3. The van der Waals surface area contributed by atoms with Crippen LogP contribution in [0.1, 0.15) is 11.3 Å². The van der Waals surface area contributed by atoms with Crippen molar-refractivity contribution in [2.45, 2.75) is 10.7 Å². The molecule has 0 amide bonds. The molecule has 0 radical (unpaired) electrons. The molecule has 0 saturated heterocycles. The number of rotatable bonds is 1. The van der Waals surface area contributed by atoms with Crippen molar-refractivity contribution in [1.82, 2.24) is 15.4 Å². The van der Waals surface area contributed by atoms with Crippen LogP contribution in [-0.2, 0) is 3.79 Å². The molecule has 0 fully saturated rings. The number of hydrogen-bond donors (Lipinski definition) is 0. The number of aryl methyl sites for hydroxylation is 1. The number of nitrogens with zero attached hydrogens (tertiary/aromatic N) is 3. The number of hydrogen-bond acceptors (Lipinski definition) is 3. The monoisotopic (exact) mass is 337 g/mol. The van der Waals surface area contributed by atoms with Gasteiger partial charge in [-0.1, -0.05) is 71.2 Å². The van der Waals surface area contributed by atoms with Gasteiger partial charge >= 0.3 is 0 Å². The minimum absolute atomic E-state index is 0.275. The molecule has 106 valence electrons. The van der Waals surface area contributed by atoms with E-state index >= 15 is 0 Å². The highest BCUT2D eigenvalue weighted by molar-refractivity contribution is 6.66. The van der Waals surface area contributed by atoms with E-state index in [4.69, 9.17) is 34.8 Å². The van der Waals surface area contributed by atoms with Crippen molar-refractivity contribution in [2.75, 3.05) is 0 Å². The lowest BCUT2D eigenvalue weighted by molar-refractivity contribution is 0.822. The van der Waals surface area contributed by atoms with Crippen molar-refractivity contribution >= 4 is 45.6 Å². The second kappa shape index (κ2) is 5.41. The lowest BCUT2D eigenvalue weighted by Gasteiger charge is -2.15. The molecule has 0 aliphatic carbocycles. The van der Waals surface area contributed by atoms with E-state index in [1.807, 2.05) is 30.3 Å². The molecule has 2 aromatic carbocycles. The summed E-state index contributed by atoms with van der Waals surface area (Å²) in [6.45, 7) is 2.06. The van der Waals surface area contributed by atoms with E-state index in [-0.39, 0.29) is 5.69 Å². The molecule has 0 N–H and O–H groups in total. The fourth-order valence-electron chi connectivity index (χ4n) is 2.36. The SMILES string of the molecule is Cc1ccc(-c2cnnnc2C(Cl)(Cl)Cl)c2ccccc12. The Morgan fingerprint density at radius 3 is 2.33 bits per heavy atom. The van der Waals surface area contributed by atoms with Crippen LogP contribution in [0.15, 0.2) is 42.6 Å². The Morgan fingerprint density at radius 1 is 0.905 bits per heavy atom. The van der Waals surface area contributed by atoms with E-state index < -0.39 is 3.79 Å². The van der Waals surface area contributed by atoms with Crippen LogP contribution in [0.3, 0.4) is 0 Å². The quantitative estimate of drug-likeness (QED) is 0.597. The molecule has 0 bridgehead atoms. The smallest absolute Gasteiger partial charge is 0.138 e. The first-order chi connectivity index (χ1) is 9.98. The van der Waals surface area contributed by atoms with Crippen molar-refractivity contribution < 1.29 is 0 Å². The molecule has 0 atom stereocenters. The van der Waals surface area contributed by atoms with Gasteiger partial charge in [0.15, 0.2) is 0 Å². The number of aromatic nitrogens is 3. The molecule has 6 heteroatoms. The van der Waals surface area contributed by atoms with Crippen LogP contribution in [-0.4, -0.2) is 15.4 Å². The van der Waals surface area contributed by atoms with Gasteiger partial charge < -0.3 is 0 Å². The number of benzene rings is 2. The molecule has 3 rings (SSSR count). The number of halogens is 3. The largest absolute Gasteiger partial charge is 0.235 e. The average Bonchev–Trinajstić information content (AvgIpc) is 2.47. The van der Waals surface area contributed by atoms with Crippen LogP contribution in [0.4, 0.5) is 0 Å². The first-order valence-electron chi connectivity index (χ1n) is 6.23. The summed E-state index contributed by atoms with van der Waals surface area (Å²) in [5.41, 5.74) is 3.04. The molecule has 0 aliphatic rings. The van der Waals surface area contributed by atoms with Crippen LogP contribution in [0.2, 0.25) is 0 Å². The van der Waals surface area contributed by atoms with Gasteiger partial charge in [0.05, 0.1) is 6.20 Å². The molecule has 0 aliphatic heterocycles.